The zero-order chi connectivity index (χ0) is 15.3. The minimum absolute atomic E-state index is 0.0205. The van der Waals surface area contributed by atoms with E-state index < -0.39 is 5.60 Å². The summed E-state index contributed by atoms with van der Waals surface area (Å²) in [5.74, 6) is 0.283. The van der Waals surface area contributed by atoms with Gasteiger partial charge in [-0.3, -0.25) is 4.79 Å². The van der Waals surface area contributed by atoms with Crippen LogP contribution >= 0.6 is 0 Å². The second-order valence-electron chi connectivity index (χ2n) is 6.22. The Bertz CT molecular complexity index is 352. The van der Waals surface area contributed by atoms with Crippen molar-refractivity contribution in [2.24, 2.45) is 11.7 Å². The molecule has 6 heteroatoms. The Morgan fingerprint density at radius 2 is 2.05 bits per heavy atom. The second kappa shape index (κ2) is 6.92. The van der Waals surface area contributed by atoms with Gasteiger partial charge in [-0.05, 0) is 40.0 Å². The first-order valence-electron chi connectivity index (χ1n) is 7.22. The maximum absolute atomic E-state index is 12.1. The van der Waals surface area contributed by atoms with E-state index in [0.717, 1.165) is 13.0 Å². The van der Waals surface area contributed by atoms with Crippen molar-refractivity contribution in [2.45, 2.75) is 39.7 Å². The Kier molecular flexibility index (Phi) is 5.80. The van der Waals surface area contributed by atoms with E-state index in [1.54, 1.807) is 9.80 Å². The fourth-order valence-electron chi connectivity index (χ4n) is 2.31. The predicted octanol–water partition coefficient (Wildman–Crippen LogP) is 1.05. The van der Waals surface area contributed by atoms with E-state index in [-0.39, 0.29) is 18.5 Å². The topological polar surface area (TPSA) is 75.9 Å². The number of nitrogens with two attached hydrogens (primary N) is 1. The van der Waals surface area contributed by atoms with Crippen LogP contribution in [0.4, 0.5) is 4.79 Å². The fraction of sp³-hybridized carbons (Fsp3) is 0.857. The van der Waals surface area contributed by atoms with Crippen molar-refractivity contribution in [1.82, 2.24) is 9.80 Å². The monoisotopic (exact) mass is 285 g/mol. The highest BCUT2D eigenvalue weighted by molar-refractivity contribution is 5.78. The van der Waals surface area contributed by atoms with Crippen molar-refractivity contribution in [3.05, 3.63) is 0 Å². The number of amides is 2. The van der Waals surface area contributed by atoms with Crippen LogP contribution in [-0.2, 0) is 9.53 Å². The third-order valence-corrected chi connectivity index (χ3v) is 3.33. The summed E-state index contributed by atoms with van der Waals surface area (Å²) in [5.41, 5.74) is 4.88. The van der Waals surface area contributed by atoms with E-state index in [2.05, 4.69) is 0 Å². The van der Waals surface area contributed by atoms with Gasteiger partial charge in [0.25, 0.3) is 0 Å². The van der Waals surface area contributed by atoms with E-state index in [1.807, 2.05) is 27.7 Å². The average Bonchev–Trinajstić information content (AvgIpc) is 2.81. The maximum Gasteiger partial charge on any atom is 0.410 e. The molecule has 1 atom stereocenters. The fourth-order valence-corrected chi connectivity index (χ4v) is 2.31. The molecule has 6 nitrogen and oxygen atoms in total. The number of carbonyl (C=O) groups excluding carboxylic acids is 2. The number of ether oxygens (including phenoxy) is 1. The van der Waals surface area contributed by atoms with Crippen LogP contribution in [0.1, 0.15) is 34.1 Å². The predicted molar refractivity (Wildman–Crippen MR) is 77.2 cm³/mol. The summed E-state index contributed by atoms with van der Waals surface area (Å²) in [6.07, 6.45) is 0.619. The Morgan fingerprint density at radius 1 is 1.40 bits per heavy atom. The molecule has 1 heterocycles. The maximum atomic E-state index is 12.1. The summed E-state index contributed by atoms with van der Waals surface area (Å²) in [6, 6.07) is 0. The smallest absolute Gasteiger partial charge is 0.410 e. The minimum Gasteiger partial charge on any atom is -0.444 e. The molecule has 0 spiro atoms. The van der Waals surface area contributed by atoms with Gasteiger partial charge in [0.1, 0.15) is 5.60 Å². The zero-order valence-electron chi connectivity index (χ0n) is 13.0. The van der Waals surface area contributed by atoms with E-state index in [9.17, 15) is 9.59 Å². The van der Waals surface area contributed by atoms with Gasteiger partial charge in [-0.1, -0.05) is 0 Å². The molecule has 1 saturated heterocycles. The molecular weight excluding hydrogens is 258 g/mol. The Hall–Kier alpha value is -1.30. The standard InChI is InChI=1S/C14H27N3O3/c1-5-16(13(19)20-14(2,3)4)9-11-6-7-17(10-11)12(18)8-15/h11H,5-10,15H2,1-4H3. The van der Waals surface area contributed by atoms with Gasteiger partial charge in [0.2, 0.25) is 5.91 Å². The Morgan fingerprint density at radius 3 is 2.55 bits per heavy atom. The number of hydrogen-bond acceptors (Lipinski definition) is 4. The Balaban J connectivity index is 2.49. The first-order valence-corrected chi connectivity index (χ1v) is 7.22. The number of likely N-dealkylation sites (tertiary alicyclic amines) is 1. The normalized spacial score (nSPS) is 19.1. The first-order chi connectivity index (χ1) is 9.26. The molecule has 2 amide bonds. The molecule has 116 valence electrons. The molecule has 2 N–H and O–H groups in total. The van der Waals surface area contributed by atoms with Gasteiger partial charge in [0.15, 0.2) is 0 Å². The van der Waals surface area contributed by atoms with Gasteiger partial charge in [0.05, 0.1) is 6.54 Å². The summed E-state index contributed by atoms with van der Waals surface area (Å²) < 4.78 is 5.38. The highest BCUT2D eigenvalue weighted by Crippen LogP contribution is 2.19. The molecule has 1 unspecified atom stereocenters. The van der Waals surface area contributed by atoms with Crippen LogP contribution in [0.25, 0.3) is 0 Å². The number of nitrogens with zero attached hydrogens (tertiary/aromatic N) is 2. The second-order valence-corrected chi connectivity index (χ2v) is 6.22. The number of hydrogen-bond donors (Lipinski definition) is 1. The molecule has 20 heavy (non-hydrogen) atoms. The summed E-state index contributed by atoms with van der Waals surface area (Å²) in [5, 5.41) is 0. The van der Waals surface area contributed by atoms with Gasteiger partial charge in [-0.2, -0.15) is 0 Å². The van der Waals surface area contributed by atoms with E-state index in [4.69, 9.17) is 10.5 Å². The quantitative estimate of drug-likeness (QED) is 0.837. The molecule has 1 aliphatic heterocycles. The van der Waals surface area contributed by atoms with E-state index >= 15 is 0 Å². The van der Waals surface area contributed by atoms with E-state index in [1.165, 1.54) is 0 Å². The van der Waals surface area contributed by atoms with Crippen LogP contribution in [0.3, 0.4) is 0 Å². The molecule has 1 aliphatic rings. The SMILES string of the molecule is CCN(CC1CCN(C(=O)CN)C1)C(=O)OC(C)(C)C. The van der Waals surface area contributed by atoms with Crippen LogP contribution < -0.4 is 5.73 Å². The van der Waals surface area contributed by atoms with Crippen molar-refractivity contribution < 1.29 is 14.3 Å². The van der Waals surface area contributed by atoms with Crippen molar-refractivity contribution in [1.29, 1.82) is 0 Å². The minimum atomic E-state index is -0.484. The molecule has 1 fully saturated rings. The van der Waals surface area contributed by atoms with Crippen molar-refractivity contribution >= 4 is 12.0 Å². The molecule has 0 aromatic rings. The molecular formula is C14H27N3O3. The van der Waals surface area contributed by atoms with Crippen LogP contribution in [0.5, 0.6) is 0 Å². The van der Waals surface area contributed by atoms with Gasteiger partial charge in [-0.15, -0.1) is 0 Å². The summed E-state index contributed by atoms with van der Waals surface area (Å²) in [4.78, 5) is 27.1. The highest BCUT2D eigenvalue weighted by Gasteiger charge is 2.29. The summed E-state index contributed by atoms with van der Waals surface area (Å²) in [7, 11) is 0. The van der Waals surface area contributed by atoms with Gasteiger partial charge in [-0.25, -0.2) is 4.79 Å². The van der Waals surface area contributed by atoms with Gasteiger partial charge in [0, 0.05) is 26.2 Å². The van der Waals surface area contributed by atoms with Crippen LogP contribution in [-0.4, -0.2) is 60.1 Å². The number of rotatable bonds is 4. The third-order valence-electron chi connectivity index (χ3n) is 3.33. The molecule has 0 saturated carbocycles. The zero-order valence-corrected chi connectivity index (χ0v) is 13.0. The molecule has 1 rings (SSSR count). The van der Waals surface area contributed by atoms with Crippen LogP contribution in [0, 0.1) is 5.92 Å². The first kappa shape index (κ1) is 16.8. The van der Waals surface area contributed by atoms with Crippen LogP contribution in [0.2, 0.25) is 0 Å². The highest BCUT2D eigenvalue weighted by atomic mass is 16.6. The number of carbonyl (C=O) groups is 2. The lowest BCUT2D eigenvalue weighted by molar-refractivity contribution is -0.128. The molecule has 0 radical (unpaired) electrons. The molecule has 0 aliphatic carbocycles. The lowest BCUT2D eigenvalue weighted by atomic mass is 10.1. The molecule has 0 aromatic carbocycles. The summed E-state index contributed by atoms with van der Waals surface area (Å²) >= 11 is 0. The lowest BCUT2D eigenvalue weighted by Gasteiger charge is -2.28. The van der Waals surface area contributed by atoms with E-state index in [0.29, 0.717) is 25.6 Å². The Labute approximate surface area is 121 Å². The van der Waals surface area contributed by atoms with Gasteiger partial charge < -0.3 is 20.3 Å². The van der Waals surface area contributed by atoms with Crippen molar-refractivity contribution in [3.8, 4) is 0 Å². The van der Waals surface area contributed by atoms with Crippen molar-refractivity contribution in [2.75, 3.05) is 32.7 Å². The van der Waals surface area contributed by atoms with Crippen LogP contribution in [0.15, 0.2) is 0 Å². The third kappa shape index (κ3) is 5.00. The molecule has 0 aromatic heterocycles. The van der Waals surface area contributed by atoms with Gasteiger partial charge >= 0.3 is 6.09 Å². The lowest BCUT2D eigenvalue weighted by Crippen LogP contribution is -2.40. The molecule has 0 bridgehead atoms. The van der Waals surface area contributed by atoms with Crippen molar-refractivity contribution in [3.63, 3.8) is 0 Å². The summed E-state index contributed by atoms with van der Waals surface area (Å²) in [6.45, 7) is 10.2. The largest absolute Gasteiger partial charge is 0.444 e. The average molecular weight is 285 g/mol.